The van der Waals surface area contributed by atoms with Gasteiger partial charge in [-0.3, -0.25) is 14.3 Å². The van der Waals surface area contributed by atoms with Gasteiger partial charge in [-0.25, -0.2) is 0 Å². The number of nitrogens with zero attached hydrogens (tertiary/aromatic N) is 1. The van der Waals surface area contributed by atoms with E-state index < -0.39 is 29.2 Å². The minimum absolute atomic E-state index is 0.00293. The molecule has 1 atom stereocenters. The number of rotatable bonds is 2. The van der Waals surface area contributed by atoms with E-state index in [9.17, 15) is 23.1 Å². The molecule has 1 aliphatic heterocycles. The molecule has 9 heteroatoms. The Kier molecular flexibility index (Phi) is 4.79. The topological polar surface area (TPSA) is 70.0 Å². The molecule has 29 heavy (non-hydrogen) atoms. The average Bonchev–Trinajstić information content (AvgIpc) is 2.67. The Hall–Kier alpha value is -2.91. The Morgan fingerprint density at radius 1 is 1.14 bits per heavy atom. The first-order valence-corrected chi connectivity index (χ1v) is 9.25. The zero-order valence-corrected chi connectivity index (χ0v) is 15.8. The second-order valence-corrected chi connectivity index (χ2v) is 7.10. The van der Waals surface area contributed by atoms with Gasteiger partial charge in [0.2, 0.25) is 5.88 Å². The van der Waals surface area contributed by atoms with Crippen LogP contribution in [0, 0.1) is 4.77 Å². The maximum Gasteiger partial charge on any atom is 0.416 e. The third-order valence-electron chi connectivity index (χ3n) is 4.95. The molecule has 0 radical (unpaired) electrons. The van der Waals surface area contributed by atoms with Crippen molar-refractivity contribution in [2.24, 2.45) is 0 Å². The first-order chi connectivity index (χ1) is 13.8. The number of alkyl halides is 3. The van der Waals surface area contributed by atoms with Crippen LogP contribution >= 0.6 is 12.2 Å². The molecule has 0 bridgehead atoms. The van der Waals surface area contributed by atoms with Crippen LogP contribution in [0.25, 0.3) is 5.69 Å². The molecule has 4 rings (SSSR count). The Morgan fingerprint density at radius 2 is 1.90 bits per heavy atom. The summed E-state index contributed by atoms with van der Waals surface area (Å²) in [7, 11) is 0. The van der Waals surface area contributed by atoms with E-state index in [1.165, 1.54) is 12.1 Å². The van der Waals surface area contributed by atoms with E-state index in [1.807, 2.05) is 24.3 Å². The predicted octanol–water partition coefficient (Wildman–Crippen LogP) is 3.85. The van der Waals surface area contributed by atoms with Crippen LogP contribution in [0.4, 0.5) is 13.2 Å². The normalized spacial score (nSPS) is 16.4. The number of fused-ring (bicyclic) bond motifs is 1. The van der Waals surface area contributed by atoms with Crippen molar-refractivity contribution in [1.29, 1.82) is 0 Å². The van der Waals surface area contributed by atoms with Gasteiger partial charge in [0, 0.05) is 6.54 Å². The van der Waals surface area contributed by atoms with E-state index in [-0.39, 0.29) is 16.0 Å². The van der Waals surface area contributed by atoms with Gasteiger partial charge in [-0.05, 0) is 48.0 Å². The number of H-pyrrole nitrogens is 1. The molecule has 1 aliphatic rings. The first kappa shape index (κ1) is 19.4. The lowest BCUT2D eigenvalue weighted by Gasteiger charge is -2.27. The van der Waals surface area contributed by atoms with E-state index in [1.54, 1.807) is 0 Å². The van der Waals surface area contributed by atoms with Gasteiger partial charge in [-0.1, -0.05) is 30.3 Å². The molecule has 0 fully saturated rings. The second kappa shape index (κ2) is 7.16. The Bertz CT molecular complexity index is 1200. The number of aromatic nitrogens is 2. The predicted molar refractivity (Wildman–Crippen MR) is 104 cm³/mol. The third kappa shape index (κ3) is 3.47. The lowest BCUT2D eigenvalue weighted by atomic mass is 9.90. The van der Waals surface area contributed by atoms with Crippen molar-refractivity contribution in [2.75, 3.05) is 6.54 Å². The van der Waals surface area contributed by atoms with Crippen LogP contribution in [0.15, 0.2) is 53.3 Å². The average molecular weight is 419 g/mol. The standard InChI is InChI=1S/C20H16F3N3O2S/c21-20(22,23)12-5-3-6-13(10-12)26-18(28)15(17(27)25-19(26)29)16-14-7-2-1-4-11(14)8-9-24-16/h1-7,10,16,24,28H,8-9H2,(H,25,27,29). The van der Waals surface area contributed by atoms with E-state index >= 15 is 0 Å². The van der Waals surface area contributed by atoms with E-state index in [0.717, 1.165) is 34.2 Å². The van der Waals surface area contributed by atoms with Crippen LogP contribution in [-0.4, -0.2) is 21.2 Å². The number of hydrogen-bond acceptors (Lipinski definition) is 4. The van der Waals surface area contributed by atoms with Gasteiger partial charge in [0.1, 0.15) is 0 Å². The summed E-state index contributed by atoms with van der Waals surface area (Å²) in [6, 6.07) is 11.3. The fourth-order valence-corrected chi connectivity index (χ4v) is 3.91. The Labute approximate surface area is 168 Å². The maximum atomic E-state index is 13.1. The zero-order chi connectivity index (χ0) is 20.8. The molecule has 3 aromatic rings. The van der Waals surface area contributed by atoms with Gasteiger partial charge in [0.15, 0.2) is 4.77 Å². The van der Waals surface area contributed by atoms with Gasteiger partial charge in [-0.2, -0.15) is 13.2 Å². The summed E-state index contributed by atoms with van der Waals surface area (Å²) in [5.41, 5.74) is 0.387. The van der Waals surface area contributed by atoms with Gasteiger partial charge in [-0.15, -0.1) is 0 Å². The second-order valence-electron chi connectivity index (χ2n) is 6.72. The molecule has 0 amide bonds. The number of nitrogens with one attached hydrogen (secondary N) is 2. The molecule has 1 aromatic heterocycles. The quantitative estimate of drug-likeness (QED) is 0.552. The highest BCUT2D eigenvalue weighted by Gasteiger charge is 2.32. The molecule has 0 spiro atoms. The summed E-state index contributed by atoms with van der Waals surface area (Å²) < 4.78 is 40.2. The molecule has 150 valence electrons. The smallest absolute Gasteiger partial charge is 0.416 e. The molecule has 0 saturated carbocycles. The summed E-state index contributed by atoms with van der Waals surface area (Å²) in [6.45, 7) is 0.583. The van der Waals surface area contributed by atoms with Crippen molar-refractivity contribution >= 4 is 12.2 Å². The van der Waals surface area contributed by atoms with Gasteiger partial charge >= 0.3 is 6.18 Å². The number of halogens is 3. The lowest BCUT2D eigenvalue weighted by Crippen LogP contribution is -2.35. The third-order valence-corrected chi connectivity index (χ3v) is 5.23. The van der Waals surface area contributed by atoms with Crippen molar-refractivity contribution in [1.82, 2.24) is 14.9 Å². The van der Waals surface area contributed by atoms with Gasteiger partial charge in [0.25, 0.3) is 5.56 Å². The fourth-order valence-electron chi connectivity index (χ4n) is 3.62. The number of aromatic amines is 1. The van der Waals surface area contributed by atoms with Crippen LogP contribution < -0.4 is 10.9 Å². The van der Waals surface area contributed by atoms with Crippen LogP contribution in [-0.2, 0) is 12.6 Å². The van der Waals surface area contributed by atoms with E-state index in [4.69, 9.17) is 12.2 Å². The maximum absolute atomic E-state index is 13.1. The minimum atomic E-state index is -4.55. The first-order valence-electron chi connectivity index (χ1n) is 8.84. The van der Waals surface area contributed by atoms with E-state index in [0.29, 0.717) is 6.54 Å². The molecule has 5 nitrogen and oxygen atoms in total. The summed E-state index contributed by atoms with van der Waals surface area (Å²) in [4.78, 5) is 15.1. The molecule has 1 unspecified atom stereocenters. The summed E-state index contributed by atoms with van der Waals surface area (Å²) in [6.07, 6.45) is -3.79. The molecule has 0 saturated heterocycles. The summed E-state index contributed by atoms with van der Waals surface area (Å²) >= 11 is 5.13. The van der Waals surface area contributed by atoms with Crippen LogP contribution in [0.5, 0.6) is 5.88 Å². The zero-order valence-electron chi connectivity index (χ0n) is 15.0. The van der Waals surface area contributed by atoms with Crippen LogP contribution in [0.1, 0.15) is 28.3 Å². The SMILES string of the molecule is O=c1[nH]c(=S)n(-c2cccc(C(F)(F)F)c2)c(O)c1C1NCCc2ccccc21. The van der Waals surface area contributed by atoms with Crippen LogP contribution in [0.2, 0.25) is 0 Å². The van der Waals surface area contributed by atoms with Crippen molar-refractivity contribution < 1.29 is 18.3 Å². The van der Waals surface area contributed by atoms with Crippen molar-refractivity contribution in [3.8, 4) is 11.6 Å². The highest BCUT2D eigenvalue weighted by atomic mass is 32.1. The van der Waals surface area contributed by atoms with Crippen molar-refractivity contribution in [2.45, 2.75) is 18.6 Å². The number of aromatic hydroxyl groups is 1. The highest BCUT2D eigenvalue weighted by molar-refractivity contribution is 7.71. The largest absolute Gasteiger partial charge is 0.494 e. The van der Waals surface area contributed by atoms with Gasteiger partial charge < -0.3 is 10.4 Å². The highest BCUT2D eigenvalue weighted by Crippen LogP contribution is 2.34. The molecular weight excluding hydrogens is 403 g/mol. The Morgan fingerprint density at radius 3 is 2.66 bits per heavy atom. The van der Waals surface area contributed by atoms with Crippen molar-refractivity contribution in [3.05, 3.63) is 85.9 Å². The molecule has 0 aliphatic carbocycles. The van der Waals surface area contributed by atoms with E-state index in [2.05, 4.69) is 10.3 Å². The molecular formula is C20H16F3N3O2S. The number of benzene rings is 2. The molecule has 2 heterocycles. The minimum Gasteiger partial charge on any atom is -0.494 e. The number of hydrogen-bond donors (Lipinski definition) is 3. The van der Waals surface area contributed by atoms with Crippen LogP contribution in [0.3, 0.4) is 0 Å². The fraction of sp³-hybridized carbons (Fsp3) is 0.200. The summed E-state index contributed by atoms with van der Waals surface area (Å²) in [5.74, 6) is -0.493. The molecule has 2 aromatic carbocycles. The van der Waals surface area contributed by atoms with Gasteiger partial charge in [0.05, 0.1) is 22.9 Å². The van der Waals surface area contributed by atoms with Crippen molar-refractivity contribution in [3.63, 3.8) is 0 Å². The summed E-state index contributed by atoms with van der Waals surface area (Å²) in [5, 5.41) is 14.1. The molecule has 3 N–H and O–H groups in total. The monoisotopic (exact) mass is 419 g/mol. The lowest BCUT2D eigenvalue weighted by molar-refractivity contribution is -0.137. The Balaban J connectivity index is 1.93.